The van der Waals surface area contributed by atoms with Gasteiger partial charge in [-0.25, -0.2) is 4.79 Å². The van der Waals surface area contributed by atoms with Gasteiger partial charge >= 0.3 is 5.97 Å². The van der Waals surface area contributed by atoms with Crippen LogP contribution in [0.15, 0.2) is 30.3 Å². The van der Waals surface area contributed by atoms with Crippen LogP contribution < -0.4 is 0 Å². The first-order chi connectivity index (χ1) is 4.84. The molecule has 2 nitrogen and oxygen atoms in total. The van der Waals surface area contributed by atoms with Crippen molar-refractivity contribution in [2.75, 3.05) is 7.11 Å². The number of rotatable bonds is 1. The van der Waals surface area contributed by atoms with E-state index in [9.17, 15) is 4.79 Å². The second-order valence-corrected chi connectivity index (χ2v) is 1.86. The van der Waals surface area contributed by atoms with Gasteiger partial charge in [0.15, 0.2) is 0 Å². The third-order valence-electron chi connectivity index (χ3n) is 1.19. The number of methoxy groups -OCH3 is 1. The number of hydrogen-bond donors (Lipinski definition) is 0. The van der Waals surface area contributed by atoms with Gasteiger partial charge in [0.25, 0.3) is 0 Å². The summed E-state index contributed by atoms with van der Waals surface area (Å²) in [5.41, 5.74) is 0.588. The van der Waals surface area contributed by atoms with Crippen LogP contribution >= 0.6 is 0 Å². The molecule has 0 N–H and O–H groups in total. The van der Waals surface area contributed by atoms with Gasteiger partial charge in [0.05, 0.1) is 12.7 Å². The maximum atomic E-state index is 10.8. The molecule has 0 saturated heterocycles. The molecule has 0 bridgehead atoms. The Bertz CT molecular complexity index is 221. The van der Waals surface area contributed by atoms with Crippen LogP contribution in [0.5, 0.6) is 0 Å². The number of benzene rings is 1. The van der Waals surface area contributed by atoms with Crippen LogP contribution in [0.4, 0.5) is 0 Å². The molecule has 0 heterocycles. The van der Waals surface area contributed by atoms with Crippen LogP contribution in [0.2, 0.25) is 0 Å². The van der Waals surface area contributed by atoms with E-state index in [1.807, 2.05) is 6.07 Å². The molecule has 0 aliphatic heterocycles. The molecular formula is C8H8CdO2. The van der Waals surface area contributed by atoms with Gasteiger partial charge in [0, 0.05) is 27.3 Å². The molecule has 0 saturated carbocycles. The monoisotopic (exact) mass is 250 g/mol. The first kappa shape index (κ1) is 10.6. The summed E-state index contributed by atoms with van der Waals surface area (Å²) in [7, 11) is 1.37. The van der Waals surface area contributed by atoms with E-state index in [0.29, 0.717) is 5.56 Å². The van der Waals surface area contributed by atoms with Crippen LogP contribution in [0, 0.1) is 0 Å². The smallest absolute Gasteiger partial charge is 0.337 e. The van der Waals surface area contributed by atoms with Gasteiger partial charge in [-0.1, -0.05) is 18.2 Å². The van der Waals surface area contributed by atoms with E-state index < -0.39 is 0 Å². The van der Waals surface area contributed by atoms with Crippen molar-refractivity contribution in [1.82, 2.24) is 0 Å². The van der Waals surface area contributed by atoms with Gasteiger partial charge in [-0.2, -0.15) is 0 Å². The molecule has 0 fully saturated rings. The minimum atomic E-state index is -0.291. The van der Waals surface area contributed by atoms with Crippen LogP contribution in [0.25, 0.3) is 0 Å². The van der Waals surface area contributed by atoms with Crippen molar-refractivity contribution in [2.24, 2.45) is 0 Å². The molecular weight excluding hydrogens is 240 g/mol. The molecule has 11 heavy (non-hydrogen) atoms. The van der Waals surface area contributed by atoms with Crippen molar-refractivity contribution in [3.05, 3.63) is 35.9 Å². The van der Waals surface area contributed by atoms with Crippen LogP contribution in [0.3, 0.4) is 0 Å². The summed E-state index contributed by atoms with van der Waals surface area (Å²) < 4.78 is 4.50. The number of carbonyl (C=O) groups is 1. The van der Waals surface area contributed by atoms with Gasteiger partial charge in [0.1, 0.15) is 0 Å². The van der Waals surface area contributed by atoms with Crippen molar-refractivity contribution in [3.63, 3.8) is 0 Å². The Hall–Kier alpha value is -0.388. The molecule has 1 aromatic rings. The van der Waals surface area contributed by atoms with E-state index in [1.165, 1.54) is 7.11 Å². The van der Waals surface area contributed by atoms with Crippen LogP contribution in [-0.2, 0) is 32.0 Å². The van der Waals surface area contributed by atoms with Crippen LogP contribution in [0.1, 0.15) is 10.4 Å². The molecule has 0 aromatic heterocycles. The fourth-order valence-electron chi connectivity index (χ4n) is 0.692. The summed E-state index contributed by atoms with van der Waals surface area (Å²) in [5.74, 6) is -0.291. The number of esters is 1. The van der Waals surface area contributed by atoms with E-state index in [0.717, 1.165) is 0 Å². The molecule has 0 spiro atoms. The summed E-state index contributed by atoms with van der Waals surface area (Å²) in [6, 6.07) is 8.88. The minimum absolute atomic E-state index is 0. The van der Waals surface area contributed by atoms with Crippen molar-refractivity contribution in [1.29, 1.82) is 0 Å². The predicted octanol–water partition coefficient (Wildman–Crippen LogP) is 1.47. The normalized spacial score (nSPS) is 8.09. The van der Waals surface area contributed by atoms with E-state index >= 15 is 0 Å². The average Bonchev–Trinajstić information content (AvgIpc) is 2.05. The predicted molar refractivity (Wildman–Crippen MR) is 37.8 cm³/mol. The van der Waals surface area contributed by atoms with E-state index in [-0.39, 0.29) is 33.3 Å². The number of ether oxygens (including phenoxy) is 1. The zero-order valence-corrected chi connectivity index (χ0v) is 10.4. The summed E-state index contributed by atoms with van der Waals surface area (Å²) in [6.07, 6.45) is 0. The number of hydrogen-bond acceptors (Lipinski definition) is 2. The quantitative estimate of drug-likeness (QED) is 0.556. The summed E-state index contributed by atoms with van der Waals surface area (Å²) >= 11 is 0. The fourth-order valence-corrected chi connectivity index (χ4v) is 0.692. The van der Waals surface area contributed by atoms with E-state index in [1.54, 1.807) is 24.3 Å². The average molecular weight is 249 g/mol. The Kier molecular flexibility index (Phi) is 5.10. The maximum Gasteiger partial charge on any atom is 0.337 e. The molecule has 3 heteroatoms. The first-order valence-corrected chi connectivity index (χ1v) is 2.98. The van der Waals surface area contributed by atoms with Crippen molar-refractivity contribution >= 4 is 5.97 Å². The molecule has 0 aliphatic carbocycles. The molecule has 54 valence electrons. The van der Waals surface area contributed by atoms with Gasteiger partial charge in [0.2, 0.25) is 0 Å². The van der Waals surface area contributed by atoms with Gasteiger partial charge in [-0.05, 0) is 12.1 Å². The topological polar surface area (TPSA) is 26.3 Å². The molecule has 0 aliphatic rings. The second kappa shape index (κ2) is 5.29. The van der Waals surface area contributed by atoms with Gasteiger partial charge < -0.3 is 4.74 Å². The molecule has 0 amide bonds. The molecule has 0 unspecified atom stereocenters. The zero-order chi connectivity index (χ0) is 7.40. The molecule has 0 radical (unpaired) electrons. The fraction of sp³-hybridized carbons (Fsp3) is 0.125. The largest absolute Gasteiger partial charge is 0.465 e. The zero-order valence-electron chi connectivity index (χ0n) is 6.41. The summed E-state index contributed by atoms with van der Waals surface area (Å²) in [6.45, 7) is 0. The van der Waals surface area contributed by atoms with Crippen molar-refractivity contribution < 1.29 is 36.8 Å². The Morgan fingerprint density at radius 1 is 1.27 bits per heavy atom. The van der Waals surface area contributed by atoms with E-state index in [4.69, 9.17) is 0 Å². The Balaban J connectivity index is 0.000001000. The Morgan fingerprint density at radius 2 is 1.82 bits per heavy atom. The number of carbonyl (C=O) groups excluding carboxylic acids is 1. The summed E-state index contributed by atoms with van der Waals surface area (Å²) in [5, 5.41) is 0. The van der Waals surface area contributed by atoms with Gasteiger partial charge in [-0.15, -0.1) is 0 Å². The standard InChI is InChI=1S/C8H8O2.Cd/c1-10-8(9)7-5-3-2-4-6-7;/h2-6H,1H3;. The minimum Gasteiger partial charge on any atom is -0.465 e. The van der Waals surface area contributed by atoms with Crippen molar-refractivity contribution in [3.8, 4) is 0 Å². The SMILES string of the molecule is COC(=O)c1ccccc1.[Cd]. The summed E-state index contributed by atoms with van der Waals surface area (Å²) in [4.78, 5) is 10.8. The third-order valence-corrected chi connectivity index (χ3v) is 1.19. The molecule has 1 aromatic carbocycles. The first-order valence-electron chi connectivity index (χ1n) is 2.98. The van der Waals surface area contributed by atoms with Crippen LogP contribution in [-0.4, -0.2) is 13.1 Å². The Labute approximate surface area is 85.7 Å². The molecule has 1 rings (SSSR count). The van der Waals surface area contributed by atoms with Crippen molar-refractivity contribution in [2.45, 2.75) is 0 Å². The molecule has 0 atom stereocenters. The maximum absolute atomic E-state index is 10.8. The second-order valence-electron chi connectivity index (χ2n) is 1.86. The van der Waals surface area contributed by atoms with E-state index in [2.05, 4.69) is 4.74 Å². The Morgan fingerprint density at radius 3 is 2.27 bits per heavy atom. The van der Waals surface area contributed by atoms with Gasteiger partial charge in [-0.3, -0.25) is 0 Å². The third kappa shape index (κ3) is 3.01.